The molecule has 1 aromatic rings. The van der Waals surface area contributed by atoms with Crippen molar-refractivity contribution in [2.75, 3.05) is 33.4 Å². The molecular weight excluding hydrogens is 316 g/mol. The predicted molar refractivity (Wildman–Crippen MR) is 100 cm³/mol. The zero-order chi connectivity index (χ0) is 17.7. The Balaban J connectivity index is 1.62. The Morgan fingerprint density at radius 1 is 1.04 bits per heavy atom. The highest BCUT2D eigenvalue weighted by molar-refractivity contribution is 5.94. The first-order valence-corrected chi connectivity index (χ1v) is 9.53. The molecule has 0 unspecified atom stereocenters. The molecule has 0 aliphatic heterocycles. The second-order valence-electron chi connectivity index (χ2n) is 6.62. The molecule has 25 heavy (non-hydrogen) atoms. The van der Waals surface area contributed by atoms with Crippen molar-refractivity contribution in [3.63, 3.8) is 0 Å². The largest absolute Gasteiger partial charge is 0.494 e. The fourth-order valence-electron chi connectivity index (χ4n) is 3.13. The van der Waals surface area contributed by atoms with Gasteiger partial charge in [-0.05, 0) is 37.1 Å². The van der Waals surface area contributed by atoms with Crippen molar-refractivity contribution < 1.29 is 14.3 Å². The minimum Gasteiger partial charge on any atom is -0.494 e. The minimum absolute atomic E-state index is 0.0337. The third-order valence-corrected chi connectivity index (χ3v) is 4.58. The molecule has 1 amide bonds. The Labute approximate surface area is 151 Å². The summed E-state index contributed by atoms with van der Waals surface area (Å²) in [4.78, 5) is 12.2. The van der Waals surface area contributed by atoms with Gasteiger partial charge in [0.1, 0.15) is 5.75 Å². The van der Waals surface area contributed by atoms with Crippen LogP contribution in [0.25, 0.3) is 0 Å². The number of hydrogen-bond acceptors (Lipinski definition) is 4. The van der Waals surface area contributed by atoms with Crippen molar-refractivity contribution in [1.82, 2.24) is 10.6 Å². The Kier molecular flexibility index (Phi) is 9.37. The highest BCUT2D eigenvalue weighted by Crippen LogP contribution is 2.17. The second-order valence-corrected chi connectivity index (χ2v) is 6.62. The molecule has 1 aliphatic rings. The van der Waals surface area contributed by atoms with Gasteiger partial charge < -0.3 is 20.1 Å². The van der Waals surface area contributed by atoms with Crippen LogP contribution in [0.2, 0.25) is 0 Å². The number of amides is 1. The summed E-state index contributed by atoms with van der Waals surface area (Å²) in [5.41, 5.74) is 0.665. The Morgan fingerprint density at radius 2 is 1.76 bits per heavy atom. The number of benzene rings is 1. The van der Waals surface area contributed by atoms with Crippen LogP contribution in [0.5, 0.6) is 5.75 Å². The van der Waals surface area contributed by atoms with Crippen molar-refractivity contribution in [2.24, 2.45) is 0 Å². The van der Waals surface area contributed by atoms with E-state index in [1.165, 1.54) is 38.5 Å². The van der Waals surface area contributed by atoms with E-state index >= 15 is 0 Å². The minimum atomic E-state index is -0.0337. The first-order chi connectivity index (χ1) is 12.3. The summed E-state index contributed by atoms with van der Waals surface area (Å²) in [5.74, 6) is 0.747. The molecular formula is C20H32N2O3. The van der Waals surface area contributed by atoms with Gasteiger partial charge >= 0.3 is 0 Å². The van der Waals surface area contributed by atoms with E-state index in [4.69, 9.17) is 9.47 Å². The molecule has 2 N–H and O–H groups in total. The van der Waals surface area contributed by atoms with Crippen LogP contribution in [0, 0.1) is 0 Å². The smallest absolute Gasteiger partial charge is 0.251 e. The highest BCUT2D eigenvalue weighted by Gasteiger charge is 2.11. The SMILES string of the molecule is COCCCOc1ccc(C(=O)NCCNC2CCCCCC2)cc1. The van der Waals surface area contributed by atoms with Crippen LogP contribution in [0.15, 0.2) is 24.3 Å². The van der Waals surface area contributed by atoms with Crippen molar-refractivity contribution in [3.05, 3.63) is 29.8 Å². The molecule has 0 bridgehead atoms. The van der Waals surface area contributed by atoms with Crippen molar-refractivity contribution in [1.29, 1.82) is 0 Å². The number of carbonyl (C=O) groups is 1. The molecule has 0 heterocycles. The molecule has 1 aliphatic carbocycles. The lowest BCUT2D eigenvalue weighted by atomic mass is 10.1. The van der Waals surface area contributed by atoms with Gasteiger partial charge in [-0.1, -0.05) is 25.7 Å². The second kappa shape index (κ2) is 11.9. The van der Waals surface area contributed by atoms with Gasteiger partial charge in [0.05, 0.1) is 6.61 Å². The highest BCUT2D eigenvalue weighted by atomic mass is 16.5. The van der Waals surface area contributed by atoms with Gasteiger partial charge in [0, 0.05) is 44.8 Å². The molecule has 0 radical (unpaired) electrons. The van der Waals surface area contributed by atoms with E-state index in [9.17, 15) is 4.79 Å². The van der Waals surface area contributed by atoms with Gasteiger partial charge in [-0.25, -0.2) is 0 Å². The summed E-state index contributed by atoms with van der Waals surface area (Å²) in [7, 11) is 1.68. The van der Waals surface area contributed by atoms with Gasteiger partial charge in [-0.15, -0.1) is 0 Å². The molecule has 1 aromatic carbocycles. The molecule has 1 fully saturated rings. The Morgan fingerprint density at radius 3 is 2.44 bits per heavy atom. The maximum atomic E-state index is 12.2. The van der Waals surface area contributed by atoms with Crippen molar-refractivity contribution in [2.45, 2.75) is 51.0 Å². The zero-order valence-corrected chi connectivity index (χ0v) is 15.4. The molecule has 5 heteroatoms. The number of nitrogens with one attached hydrogen (secondary N) is 2. The van der Waals surface area contributed by atoms with Crippen LogP contribution in [-0.2, 0) is 4.74 Å². The van der Waals surface area contributed by atoms with Crippen LogP contribution < -0.4 is 15.4 Å². The fraction of sp³-hybridized carbons (Fsp3) is 0.650. The number of carbonyl (C=O) groups excluding carboxylic acids is 1. The molecule has 1 saturated carbocycles. The summed E-state index contributed by atoms with van der Waals surface area (Å²) in [6.07, 6.45) is 8.75. The Bertz CT molecular complexity index is 482. The molecule has 2 rings (SSSR count). The zero-order valence-electron chi connectivity index (χ0n) is 15.4. The quantitative estimate of drug-likeness (QED) is 0.504. The number of methoxy groups -OCH3 is 1. The van der Waals surface area contributed by atoms with Crippen LogP contribution >= 0.6 is 0 Å². The molecule has 5 nitrogen and oxygen atoms in total. The van der Waals surface area contributed by atoms with E-state index in [0.717, 1.165) is 18.7 Å². The van der Waals surface area contributed by atoms with Crippen molar-refractivity contribution in [3.8, 4) is 5.75 Å². The first-order valence-electron chi connectivity index (χ1n) is 9.53. The summed E-state index contributed by atoms with van der Waals surface area (Å²) in [6, 6.07) is 7.91. The average molecular weight is 348 g/mol. The maximum Gasteiger partial charge on any atom is 0.251 e. The molecule has 0 atom stereocenters. The number of rotatable bonds is 10. The summed E-state index contributed by atoms with van der Waals surface area (Å²) in [6.45, 7) is 2.79. The van der Waals surface area contributed by atoms with Crippen LogP contribution in [0.4, 0.5) is 0 Å². The summed E-state index contributed by atoms with van der Waals surface area (Å²) >= 11 is 0. The third kappa shape index (κ3) is 7.88. The monoisotopic (exact) mass is 348 g/mol. The van der Waals surface area contributed by atoms with Gasteiger partial charge in [0.2, 0.25) is 0 Å². The van der Waals surface area contributed by atoms with E-state index < -0.39 is 0 Å². The lowest BCUT2D eigenvalue weighted by Gasteiger charge is -2.16. The fourth-order valence-corrected chi connectivity index (χ4v) is 3.13. The van der Waals surface area contributed by atoms with E-state index in [1.54, 1.807) is 19.2 Å². The van der Waals surface area contributed by atoms with Gasteiger partial charge in [0.25, 0.3) is 5.91 Å². The average Bonchev–Trinajstić information content (AvgIpc) is 2.91. The van der Waals surface area contributed by atoms with Crippen LogP contribution in [0.3, 0.4) is 0 Å². The topological polar surface area (TPSA) is 59.6 Å². The van der Waals surface area contributed by atoms with Gasteiger partial charge in [-0.3, -0.25) is 4.79 Å². The van der Waals surface area contributed by atoms with Gasteiger partial charge in [-0.2, -0.15) is 0 Å². The van der Waals surface area contributed by atoms with Crippen LogP contribution in [-0.4, -0.2) is 45.4 Å². The summed E-state index contributed by atoms with van der Waals surface area (Å²) in [5, 5.41) is 6.54. The standard InChI is InChI=1S/C20H32N2O3/c1-24-15-6-16-25-19-11-9-17(10-12-19)20(23)22-14-13-21-18-7-4-2-3-5-8-18/h9-12,18,21H,2-8,13-16H2,1H3,(H,22,23). The molecule has 0 aromatic heterocycles. The van der Waals surface area contributed by atoms with E-state index in [1.807, 2.05) is 12.1 Å². The van der Waals surface area contributed by atoms with Crippen molar-refractivity contribution >= 4 is 5.91 Å². The Hall–Kier alpha value is -1.59. The van der Waals surface area contributed by atoms with Gasteiger partial charge in [0.15, 0.2) is 0 Å². The molecule has 0 spiro atoms. The first kappa shape index (κ1) is 19.7. The number of ether oxygens (including phenoxy) is 2. The molecule has 140 valence electrons. The lowest BCUT2D eigenvalue weighted by molar-refractivity contribution is 0.0953. The normalized spacial score (nSPS) is 15.6. The maximum absolute atomic E-state index is 12.2. The third-order valence-electron chi connectivity index (χ3n) is 4.58. The van der Waals surface area contributed by atoms with E-state index in [0.29, 0.717) is 31.4 Å². The predicted octanol–water partition coefficient (Wildman–Crippen LogP) is 3.14. The molecule has 0 saturated heterocycles. The van der Waals surface area contributed by atoms with E-state index in [2.05, 4.69) is 10.6 Å². The van der Waals surface area contributed by atoms with Crippen LogP contribution in [0.1, 0.15) is 55.3 Å². The summed E-state index contributed by atoms with van der Waals surface area (Å²) < 4.78 is 10.6. The lowest BCUT2D eigenvalue weighted by Crippen LogP contribution is -2.36. The van der Waals surface area contributed by atoms with E-state index in [-0.39, 0.29) is 5.91 Å². The number of hydrogen-bond donors (Lipinski definition) is 2.